The molecule has 0 aromatic heterocycles. The standard InChI is InChI=1S/C4H11NO3S/c1-4(6)5(2)3-9(7)8/h4,6H,3H2,1-2H3,(H,7,8). The fraction of sp³-hybridized carbons (Fsp3) is 1.00. The molecule has 0 fully saturated rings. The first-order valence-electron chi connectivity index (χ1n) is 2.50. The molecule has 0 rings (SSSR count). The van der Waals surface area contributed by atoms with Crippen molar-refractivity contribution in [3.63, 3.8) is 0 Å². The van der Waals surface area contributed by atoms with Crippen LogP contribution in [0.1, 0.15) is 6.92 Å². The van der Waals surface area contributed by atoms with Crippen LogP contribution in [-0.4, -0.2) is 37.9 Å². The number of aliphatic hydroxyl groups is 1. The van der Waals surface area contributed by atoms with Crippen LogP contribution in [0.25, 0.3) is 0 Å². The lowest BCUT2D eigenvalue weighted by molar-refractivity contribution is 0.0514. The Morgan fingerprint density at radius 2 is 2.22 bits per heavy atom. The highest BCUT2D eigenvalue weighted by Gasteiger charge is 2.05. The molecule has 56 valence electrons. The summed E-state index contributed by atoms with van der Waals surface area (Å²) in [6.07, 6.45) is -0.666. The zero-order valence-electron chi connectivity index (χ0n) is 5.44. The molecule has 2 N–H and O–H groups in total. The molecular weight excluding hydrogens is 142 g/mol. The molecule has 0 aromatic rings. The minimum absolute atomic E-state index is 0.0162. The molecular formula is C4H11NO3S. The zero-order valence-corrected chi connectivity index (χ0v) is 6.26. The highest BCUT2D eigenvalue weighted by Crippen LogP contribution is 1.89. The van der Waals surface area contributed by atoms with Gasteiger partial charge in [0.25, 0.3) is 0 Å². The van der Waals surface area contributed by atoms with Gasteiger partial charge < -0.3 is 9.66 Å². The average molecular weight is 153 g/mol. The first-order valence-corrected chi connectivity index (χ1v) is 3.77. The number of rotatable bonds is 3. The van der Waals surface area contributed by atoms with Crippen LogP contribution in [0.5, 0.6) is 0 Å². The van der Waals surface area contributed by atoms with Crippen molar-refractivity contribution >= 4 is 11.1 Å². The maximum absolute atomic E-state index is 10.1. The molecule has 0 bridgehead atoms. The Balaban J connectivity index is 3.50. The number of hydrogen-bond donors (Lipinski definition) is 2. The SMILES string of the molecule is CC(O)N(C)CS(=O)O. The van der Waals surface area contributed by atoms with Crippen LogP contribution in [0.3, 0.4) is 0 Å². The Hall–Kier alpha value is 0.0300. The van der Waals surface area contributed by atoms with E-state index in [0.29, 0.717) is 0 Å². The molecule has 0 aliphatic heterocycles. The number of aliphatic hydroxyl groups excluding tert-OH is 1. The average Bonchev–Trinajstić information content (AvgIpc) is 1.63. The Bertz CT molecular complexity index is 106. The molecule has 4 nitrogen and oxygen atoms in total. The fourth-order valence-electron chi connectivity index (χ4n) is 0.282. The van der Waals surface area contributed by atoms with Gasteiger partial charge in [0, 0.05) is 0 Å². The van der Waals surface area contributed by atoms with Gasteiger partial charge in [0.1, 0.15) is 12.1 Å². The third-order valence-corrected chi connectivity index (χ3v) is 1.58. The molecule has 0 spiro atoms. The van der Waals surface area contributed by atoms with E-state index in [0.717, 1.165) is 0 Å². The molecule has 2 unspecified atom stereocenters. The summed E-state index contributed by atoms with van der Waals surface area (Å²) in [6, 6.07) is 0. The van der Waals surface area contributed by atoms with E-state index in [1.54, 1.807) is 7.05 Å². The Labute approximate surface area is 56.8 Å². The summed E-state index contributed by atoms with van der Waals surface area (Å²) in [4.78, 5) is 1.37. The van der Waals surface area contributed by atoms with Crippen molar-refractivity contribution in [3.8, 4) is 0 Å². The van der Waals surface area contributed by atoms with Crippen molar-refractivity contribution in [2.24, 2.45) is 0 Å². The minimum Gasteiger partial charge on any atom is -0.379 e. The molecule has 0 aliphatic carbocycles. The minimum atomic E-state index is -1.85. The van der Waals surface area contributed by atoms with Gasteiger partial charge in [-0.25, -0.2) is 4.21 Å². The molecule has 0 amide bonds. The fourth-order valence-corrected chi connectivity index (χ4v) is 0.846. The lowest BCUT2D eigenvalue weighted by Gasteiger charge is -2.16. The van der Waals surface area contributed by atoms with E-state index in [4.69, 9.17) is 9.66 Å². The van der Waals surface area contributed by atoms with E-state index in [9.17, 15) is 4.21 Å². The lowest BCUT2D eigenvalue weighted by Crippen LogP contribution is -2.31. The van der Waals surface area contributed by atoms with E-state index in [1.165, 1.54) is 11.8 Å². The summed E-state index contributed by atoms with van der Waals surface area (Å²) in [5, 5.41) is 8.75. The van der Waals surface area contributed by atoms with Gasteiger partial charge in [-0.2, -0.15) is 0 Å². The maximum Gasteiger partial charge on any atom is 0.167 e. The summed E-state index contributed by atoms with van der Waals surface area (Å²) in [6.45, 7) is 1.53. The second-order valence-corrected chi connectivity index (χ2v) is 2.74. The quantitative estimate of drug-likeness (QED) is 0.421. The second kappa shape index (κ2) is 3.94. The zero-order chi connectivity index (χ0) is 7.44. The van der Waals surface area contributed by atoms with Crippen molar-refractivity contribution in [1.29, 1.82) is 0 Å². The lowest BCUT2D eigenvalue weighted by atomic mass is 10.6. The smallest absolute Gasteiger partial charge is 0.167 e. The van der Waals surface area contributed by atoms with E-state index in [1.807, 2.05) is 0 Å². The van der Waals surface area contributed by atoms with Gasteiger partial charge >= 0.3 is 0 Å². The third kappa shape index (κ3) is 4.53. The van der Waals surface area contributed by atoms with E-state index in [-0.39, 0.29) is 5.88 Å². The molecule has 0 saturated heterocycles. The van der Waals surface area contributed by atoms with Gasteiger partial charge in [0.05, 0.1) is 0 Å². The van der Waals surface area contributed by atoms with Crippen LogP contribution in [0.4, 0.5) is 0 Å². The van der Waals surface area contributed by atoms with Crippen LogP contribution in [-0.2, 0) is 11.1 Å². The van der Waals surface area contributed by atoms with Crippen LogP contribution >= 0.6 is 0 Å². The van der Waals surface area contributed by atoms with Crippen LogP contribution in [0, 0.1) is 0 Å². The molecule has 0 radical (unpaired) electrons. The first-order chi connectivity index (χ1) is 4.04. The summed E-state index contributed by atoms with van der Waals surface area (Å²) >= 11 is -1.85. The van der Waals surface area contributed by atoms with Crippen LogP contribution in [0.2, 0.25) is 0 Å². The van der Waals surface area contributed by atoms with Crippen molar-refractivity contribution in [2.75, 3.05) is 12.9 Å². The summed E-state index contributed by atoms with van der Waals surface area (Å²) in [5.74, 6) is -0.0162. The maximum atomic E-state index is 10.1. The molecule has 0 saturated carbocycles. The predicted molar refractivity (Wildman–Crippen MR) is 35.1 cm³/mol. The molecule has 0 aromatic carbocycles. The van der Waals surface area contributed by atoms with Gasteiger partial charge in [-0.05, 0) is 14.0 Å². The molecule has 9 heavy (non-hydrogen) atoms. The van der Waals surface area contributed by atoms with Crippen LogP contribution in [0.15, 0.2) is 0 Å². The first kappa shape index (κ1) is 9.03. The summed E-state index contributed by atoms with van der Waals surface area (Å²) in [5.41, 5.74) is 0. The molecule has 2 atom stereocenters. The van der Waals surface area contributed by atoms with Gasteiger partial charge in [0.2, 0.25) is 0 Å². The third-order valence-electron chi connectivity index (χ3n) is 0.952. The van der Waals surface area contributed by atoms with Gasteiger partial charge in [-0.3, -0.25) is 4.90 Å². The van der Waals surface area contributed by atoms with Gasteiger partial charge in [0.15, 0.2) is 11.1 Å². The molecule has 5 heteroatoms. The highest BCUT2D eigenvalue weighted by atomic mass is 32.2. The van der Waals surface area contributed by atoms with Gasteiger partial charge in [-0.15, -0.1) is 0 Å². The molecule has 0 aliphatic rings. The van der Waals surface area contributed by atoms with Crippen molar-refractivity contribution in [3.05, 3.63) is 0 Å². The Morgan fingerprint density at radius 3 is 2.33 bits per heavy atom. The largest absolute Gasteiger partial charge is 0.379 e. The van der Waals surface area contributed by atoms with E-state index < -0.39 is 17.3 Å². The van der Waals surface area contributed by atoms with Crippen LogP contribution < -0.4 is 0 Å². The van der Waals surface area contributed by atoms with E-state index >= 15 is 0 Å². The molecule has 0 heterocycles. The van der Waals surface area contributed by atoms with E-state index in [2.05, 4.69) is 0 Å². The Kier molecular flexibility index (Phi) is 3.96. The van der Waals surface area contributed by atoms with Crippen molar-refractivity contribution in [2.45, 2.75) is 13.2 Å². The highest BCUT2D eigenvalue weighted by molar-refractivity contribution is 7.79. The normalized spacial score (nSPS) is 17.9. The monoisotopic (exact) mass is 153 g/mol. The number of nitrogens with zero attached hydrogens (tertiary/aromatic N) is 1. The van der Waals surface area contributed by atoms with Gasteiger partial charge in [-0.1, -0.05) is 0 Å². The summed E-state index contributed by atoms with van der Waals surface area (Å²) in [7, 11) is 1.57. The summed E-state index contributed by atoms with van der Waals surface area (Å²) < 4.78 is 18.4. The number of hydrogen-bond acceptors (Lipinski definition) is 3. The van der Waals surface area contributed by atoms with Crippen molar-refractivity contribution in [1.82, 2.24) is 4.90 Å². The predicted octanol–water partition coefficient (Wildman–Crippen LogP) is -0.564. The second-order valence-electron chi connectivity index (χ2n) is 1.84. The van der Waals surface area contributed by atoms with Crippen molar-refractivity contribution < 1.29 is 13.9 Å². The Morgan fingerprint density at radius 1 is 1.78 bits per heavy atom. The topological polar surface area (TPSA) is 60.8 Å².